The summed E-state index contributed by atoms with van der Waals surface area (Å²) >= 11 is 0. The van der Waals surface area contributed by atoms with Crippen LogP contribution >= 0.6 is 0 Å². The van der Waals surface area contributed by atoms with Gasteiger partial charge in [-0.15, -0.1) is 0 Å². The summed E-state index contributed by atoms with van der Waals surface area (Å²) in [4.78, 5) is 10.5. The van der Waals surface area contributed by atoms with E-state index in [-0.39, 0.29) is 5.82 Å². The van der Waals surface area contributed by atoms with E-state index in [2.05, 4.69) is 0 Å². The highest BCUT2D eigenvalue weighted by Gasteiger charge is 1.98. The summed E-state index contributed by atoms with van der Waals surface area (Å²) in [6.07, 6.45) is 2.56. The maximum absolute atomic E-state index is 12.7. The zero-order chi connectivity index (χ0) is 15.8. The number of ether oxygens (including phenoxy) is 2. The van der Waals surface area contributed by atoms with Gasteiger partial charge in [0.25, 0.3) is 0 Å². The van der Waals surface area contributed by atoms with Crippen molar-refractivity contribution in [2.45, 2.75) is 0 Å². The van der Waals surface area contributed by atoms with Crippen LogP contribution in [0.1, 0.15) is 5.56 Å². The first-order valence-electron chi connectivity index (χ1n) is 6.66. The van der Waals surface area contributed by atoms with Crippen molar-refractivity contribution >= 4 is 12.0 Å². The van der Waals surface area contributed by atoms with Gasteiger partial charge in [-0.05, 0) is 48.0 Å². The van der Waals surface area contributed by atoms with Crippen LogP contribution in [0, 0.1) is 5.82 Å². The van der Waals surface area contributed by atoms with Crippen molar-refractivity contribution in [1.82, 2.24) is 0 Å². The molecule has 2 aromatic rings. The molecule has 0 amide bonds. The average molecular weight is 302 g/mol. The SMILES string of the molecule is O=C(O)C=Cc1cccc(OCCOc2ccc(F)cc2)c1. The van der Waals surface area contributed by atoms with E-state index in [0.29, 0.717) is 24.7 Å². The number of carboxylic acid groups (broad SMARTS) is 1. The molecule has 0 heterocycles. The van der Waals surface area contributed by atoms with Crippen LogP contribution in [0.25, 0.3) is 6.08 Å². The van der Waals surface area contributed by atoms with Crippen LogP contribution in [-0.2, 0) is 4.79 Å². The summed E-state index contributed by atoms with van der Waals surface area (Å²) < 4.78 is 23.7. The second kappa shape index (κ2) is 7.83. The highest BCUT2D eigenvalue weighted by molar-refractivity contribution is 5.85. The molecule has 0 aromatic heterocycles. The van der Waals surface area contributed by atoms with Gasteiger partial charge in [0.1, 0.15) is 30.5 Å². The number of hydrogen-bond donors (Lipinski definition) is 1. The monoisotopic (exact) mass is 302 g/mol. The summed E-state index contributed by atoms with van der Waals surface area (Å²) in [5.41, 5.74) is 0.736. The lowest BCUT2D eigenvalue weighted by Gasteiger charge is -2.08. The smallest absolute Gasteiger partial charge is 0.328 e. The molecule has 0 saturated carbocycles. The van der Waals surface area contributed by atoms with Gasteiger partial charge in [-0.2, -0.15) is 0 Å². The third-order valence-electron chi connectivity index (χ3n) is 2.71. The van der Waals surface area contributed by atoms with Crippen LogP contribution in [0.5, 0.6) is 11.5 Å². The lowest BCUT2D eigenvalue weighted by molar-refractivity contribution is -0.131. The van der Waals surface area contributed by atoms with Crippen LogP contribution in [-0.4, -0.2) is 24.3 Å². The van der Waals surface area contributed by atoms with Gasteiger partial charge < -0.3 is 14.6 Å². The van der Waals surface area contributed by atoms with E-state index in [1.165, 1.54) is 18.2 Å². The Kier molecular flexibility index (Phi) is 5.54. The molecular weight excluding hydrogens is 287 g/mol. The molecule has 0 aliphatic heterocycles. The number of halogens is 1. The Morgan fingerprint density at radius 1 is 1.05 bits per heavy atom. The third-order valence-corrected chi connectivity index (χ3v) is 2.71. The normalized spacial score (nSPS) is 10.6. The van der Waals surface area contributed by atoms with E-state index in [0.717, 1.165) is 11.6 Å². The molecule has 0 bridgehead atoms. The molecule has 0 saturated heterocycles. The Morgan fingerprint density at radius 2 is 1.73 bits per heavy atom. The third kappa shape index (κ3) is 5.28. The molecule has 114 valence electrons. The van der Waals surface area contributed by atoms with Gasteiger partial charge in [-0.3, -0.25) is 0 Å². The first-order valence-corrected chi connectivity index (χ1v) is 6.66. The minimum atomic E-state index is -1.00. The molecule has 22 heavy (non-hydrogen) atoms. The molecule has 0 radical (unpaired) electrons. The van der Waals surface area contributed by atoms with Gasteiger partial charge in [0.2, 0.25) is 0 Å². The van der Waals surface area contributed by atoms with Crippen molar-refractivity contribution in [3.05, 3.63) is 66.0 Å². The highest BCUT2D eigenvalue weighted by Crippen LogP contribution is 2.15. The number of benzene rings is 2. The zero-order valence-corrected chi connectivity index (χ0v) is 11.7. The minimum Gasteiger partial charge on any atom is -0.490 e. The zero-order valence-electron chi connectivity index (χ0n) is 11.7. The van der Waals surface area contributed by atoms with Crippen molar-refractivity contribution in [2.24, 2.45) is 0 Å². The summed E-state index contributed by atoms with van der Waals surface area (Å²) in [5, 5.41) is 8.58. The van der Waals surface area contributed by atoms with Gasteiger partial charge in [0, 0.05) is 6.08 Å². The minimum absolute atomic E-state index is 0.310. The van der Waals surface area contributed by atoms with Crippen molar-refractivity contribution in [1.29, 1.82) is 0 Å². The lowest BCUT2D eigenvalue weighted by atomic mass is 10.2. The number of aliphatic carboxylic acids is 1. The van der Waals surface area contributed by atoms with Gasteiger partial charge in [0.05, 0.1) is 0 Å². The van der Waals surface area contributed by atoms with Crippen LogP contribution in [0.15, 0.2) is 54.6 Å². The molecule has 0 aliphatic rings. The molecule has 4 nitrogen and oxygen atoms in total. The largest absolute Gasteiger partial charge is 0.490 e. The topological polar surface area (TPSA) is 55.8 Å². The fourth-order valence-corrected chi connectivity index (χ4v) is 1.73. The molecule has 1 N–H and O–H groups in total. The van der Waals surface area contributed by atoms with Crippen molar-refractivity contribution < 1.29 is 23.8 Å². The lowest BCUT2D eigenvalue weighted by Crippen LogP contribution is -2.09. The Hall–Kier alpha value is -2.82. The highest BCUT2D eigenvalue weighted by atomic mass is 19.1. The van der Waals surface area contributed by atoms with E-state index in [4.69, 9.17) is 14.6 Å². The van der Waals surface area contributed by atoms with Crippen LogP contribution in [0.4, 0.5) is 4.39 Å². The molecule has 0 spiro atoms. The predicted octanol–water partition coefficient (Wildman–Crippen LogP) is 3.38. The molecule has 0 atom stereocenters. The standard InChI is InChI=1S/C17H15FO4/c18-14-5-7-15(8-6-14)21-10-11-22-16-3-1-2-13(12-16)4-9-17(19)20/h1-9,12H,10-11H2,(H,19,20). The van der Waals surface area contributed by atoms with Crippen LogP contribution in [0.2, 0.25) is 0 Å². The molecule has 0 aliphatic carbocycles. The molecule has 0 fully saturated rings. The number of carboxylic acids is 1. The Bertz CT molecular complexity index is 650. The maximum atomic E-state index is 12.7. The number of hydrogen-bond acceptors (Lipinski definition) is 3. The summed E-state index contributed by atoms with van der Waals surface area (Å²) in [7, 11) is 0. The van der Waals surface area contributed by atoms with Crippen LogP contribution in [0.3, 0.4) is 0 Å². The summed E-state index contributed by atoms with van der Waals surface area (Å²) in [6.45, 7) is 0.643. The fourth-order valence-electron chi connectivity index (χ4n) is 1.73. The van der Waals surface area contributed by atoms with Crippen molar-refractivity contribution in [2.75, 3.05) is 13.2 Å². The summed E-state index contributed by atoms with van der Waals surface area (Å²) in [6, 6.07) is 12.8. The first-order chi connectivity index (χ1) is 10.6. The number of carbonyl (C=O) groups is 1. The quantitative estimate of drug-likeness (QED) is 0.629. The van der Waals surface area contributed by atoms with E-state index in [1.54, 1.807) is 36.4 Å². The second-order valence-electron chi connectivity index (χ2n) is 4.39. The molecule has 2 aromatic carbocycles. The maximum Gasteiger partial charge on any atom is 0.328 e. The Morgan fingerprint density at radius 3 is 2.41 bits per heavy atom. The van der Waals surface area contributed by atoms with E-state index in [9.17, 15) is 9.18 Å². The molecular formula is C17H15FO4. The first kappa shape index (κ1) is 15.6. The fraction of sp³-hybridized carbons (Fsp3) is 0.118. The Labute approximate surface area is 127 Å². The second-order valence-corrected chi connectivity index (χ2v) is 4.39. The van der Waals surface area contributed by atoms with Crippen molar-refractivity contribution in [3.8, 4) is 11.5 Å². The van der Waals surface area contributed by atoms with E-state index in [1.807, 2.05) is 0 Å². The van der Waals surface area contributed by atoms with Crippen LogP contribution < -0.4 is 9.47 Å². The predicted molar refractivity (Wildman–Crippen MR) is 80.5 cm³/mol. The molecule has 0 unspecified atom stereocenters. The van der Waals surface area contributed by atoms with E-state index < -0.39 is 5.97 Å². The van der Waals surface area contributed by atoms with Crippen molar-refractivity contribution in [3.63, 3.8) is 0 Å². The summed E-state index contributed by atoms with van der Waals surface area (Å²) in [5.74, 6) is -0.118. The van der Waals surface area contributed by atoms with Gasteiger partial charge in [-0.25, -0.2) is 9.18 Å². The molecule has 5 heteroatoms. The average Bonchev–Trinajstić information content (AvgIpc) is 2.52. The van der Waals surface area contributed by atoms with E-state index >= 15 is 0 Å². The van der Waals surface area contributed by atoms with Gasteiger partial charge in [-0.1, -0.05) is 12.1 Å². The Balaban J connectivity index is 1.80. The molecule has 2 rings (SSSR count). The van der Waals surface area contributed by atoms with Gasteiger partial charge >= 0.3 is 5.97 Å². The van der Waals surface area contributed by atoms with Gasteiger partial charge in [0.15, 0.2) is 0 Å². The number of rotatable bonds is 7.